The molecule has 2 fully saturated rings. The number of nitrogens with one attached hydrogen (secondary N) is 2. The molecule has 1 aliphatic carbocycles. The van der Waals surface area contributed by atoms with Gasteiger partial charge in [-0.1, -0.05) is 0 Å². The number of thiophene rings is 1. The molecule has 0 saturated carbocycles. The van der Waals surface area contributed by atoms with E-state index in [0.29, 0.717) is 6.04 Å². The van der Waals surface area contributed by atoms with E-state index >= 15 is 0 Å². The van der Waals surface area contributed by atoms with Crippen LogP contribution in [-0.2, 0) is 17.6 Å². The van der Waals surface area contributed by atoms with E-state index in [4.69, 9.17) is 0 Å². The summed E-state index contributed by atoms with van der Waals surface area (Å²) in [6.45, 7) is 5.89. The number of nitrogens with zero attached hydrogens (tertiary/aromatic N) is 2. The molecule has 0 spiro atoms. The topological polar surface area (TPSA) is 64.7 Å². The molecule has 3 heterocycles. The number of hydrogen-bond donors (Lipinski definition) is 2. The Balaban J connectivity index is 1.26. The molecular formula is C19H28N4O2S. The maximum Gasteiger partial charge on any atom is 0.261 e. The first-order valence-corrected chi connectivity index (χ1v) is 10.6. The van der Waals surface area contributed by atoms with Gasteiger partial charge in [-0.15, -0.1) is 11.3 Å². The largest absolute Gasteiger partial charge is 0.342 e. The Kier molecular flexibility index (Phi) is 5.57. The molecule has 0 radical (unpaired) electrons. The minimum absolute atomic E-state index is 0.0392. The quantitative estimate of drug-likeness (QED) is 0.818. The highest BCUT2D eigenvalue weighted by atomic mass is 32.1. The molecule has 1 aromatic heterocycles. The van der Waals surface area contributed by atoms with E-state index in [2.05, 4.69) is 15.5 Å². The van der Waals surface area contributed by atoms with Crippen molar-refractivity contribution in [1.82, 2.24) is 20.4 Å². The van der Waals surface area contributed by atoms with Crippen molar-refractivity contribution in [3.8, 4) is 0 Å². The maximum atomic E-state index is 12.5. The minimum atomic E-state index is -0.101. The number of likely N-dealkylation sites (tertiary alicyclic amines) is 1. The van der Waals surface area contributed by atoms with Gasteiger partial charge in [0.15, 0.2) is 0 Å². The third-order valence-corrected chi connectivity index (χ3v) is 7.04. The Morgan fingerprint density at radius 1 is 1.19 bits per heavy atom. The van der Waals surface area contributed by atoms with E-state index in [-0.39, 0.29) is 18.4 Å². The number of carbonyl (C=O) groups excluding carboxylic acids is 2. The van der Waals surface area contributed by atoms with Crippen molar-refractivity contribution in [3.63, 3.8) is 0 Å². The van der Waals surface area contributed by atoms with Crippen molar-refractivity contribution >= 4 is 23.2 Å². The second-order valence-corrected chi connectivity index (χ2v) is 8.65. The van der Waals surface area contributed by atoms with Crippen molar-refractivity contribution in [2.45, 2.75) is 38.1 Å². The monoisotopic (exact) mass is 376 g/mol. The van der Waals surface area contributed by atoms with Gasteiger partial charge in [-0.2, -0.15) is 0 Å². The van der Waals surface area contributed by atoms with Crippen LogP contribution in [0.25, 0.3) is 0 Å². The molecule has 0 bridgehead atoms. The number of aryl methyl sites for hydroxylation is 2. The fourth-order valence-corrected chi connectivity index (χ4v) is 5.44. The van der Waals surface area contributed by atoms with Gasteiger partial charge in [-0.05, 0) is 43.7 Å². The van der Waals surface area contributed by atoms with Gasteiger partial charge in [0, 0.05) is 50.2 Å². The molecule has 4 rings (SSSR count). The van der Waals surface area contributed by atoms with Crippen molar-refractivity contribution in [1.29, 1.82) is 0 Å². The Hall–Kier alpha value is -1.44. The van der Waals surface area contributed by atoms with Gasteiger partial charge in [-0.25, -0.2) is 0 Å². The number of carbonyl (C=O) groups is 2. The Labute approximate surface area is 158 Å². The first-order valence-electron chi connectivity index (χ1n) is 9.83. The van der Waals surface area contributed by atoms with E-state index in [1.807, 2.05) is 11.0 Å². The van der Waals surface area contributed by atoms with Gasteiger partial charge in [0.25, 0.3) is 5.91 Å². The third-order valence-electron chi connectivity index (χ3n) is 5.80. The lowest BCUT2D eigenvalue weighted by Gasteiger charge is -2.32. The zero-order valence-corrected chi connectivity index (χ0v) is 16.1. The number of piperazine rings is 1. The Bertz CT molecular complexity index is 645. The summed E-state index contributed by atoms with van der Waals surface area (Å²) >= 11 is 1.60. The molecule has 2 N–H and O–H groups in total. The molecule has 1 aromatic rings. The summed E-state index contributed by atoms with van der Waals surface area (Å²) in [5.41, 5.74) is 1.33. The molecule has 2 amide bonds. The fraction of sp³-hybridized carbons (Fsp3) is 0.684. The van der Waals surface area contributed by atoms with Crippen LogP contribution in [0.15, 0.2) is 6.07 Å². The van der Waals surface area contributed by atoms with Gasteiger partial charge in [-0.3, -0.25) is 14.5 Å². The van der Waals surface area contributed by atoms with Gasteiger partial charge in [0.1, 0.15) is 0 Å². The Morgan fingerprint density at radius 2 is 2.00 bits per heavy atom. The zero-order valence-electron chi connectivity index (χ0n) is 15.3. The van der Waals surface area contributed by atoms with Crippen molar-refractivity contribution in [3.05, 3.63) is 21.4 Å². The van der Waals surface area contributed by atoms with Gasteiger partial charge < -0.3 is 15.5 Å². The summed E-state index contributed by atoms with van der Waals surface area (Å²) in [6, 6.07) is 2.50. The highest BCUT2D eigenvalue weighted by molar-refractivity contribution is 7.14. The van der Waals surface area contributed by atoms with E-state index in [0.717, 1.165) is 63.4 Å². The van der Waals surface area contributed by atoms with Crippen molar-refractivity contribution in [2.75, 3.05) is 45.8 Å². The molecule has 6 nitrogen and oxygen atoms in total. The minimum Gasteiger partial charge on any atom is -0.342 e. The van der Waals surface area contributed by atoms with Crippen LogP contribution in [-0.4, -0.2) is 73.5 Å². The third kappa shape index (κ3) is 3.94. The normalized spacial score (nSPS) is 23.7. The van der Waals surface area contributed by atoms with E-state index in [1.54, 1.807) is 11.3 Å². The Morgan fingerprint density at radius 3 is 2.81 bits per heavy atom. The summed E-state index contributed by atoms with van der Waals surface area (Å²) in [7, 11) is 0. The lowest BCUT2D eigenvalue weighted by Crippen LogP contribution is -2.49. The second kappa shape index (κ2) is 8.06. The predicted octanol–water partition coefficient (Wildman–Crippen LogP) is 0.863. The standard InChI is InChI=1S/C19H28N4O2S/c24-18(23-8-5-15(13-23)22-9-6-20-7-10-22)12-21-19(25)17-11-14-3-1-2-4-16(14)26-17/h11,15,20H,1-10,12-13H2,(H,21,25). The highest BCUT2D eigenvalue weighted by Crippen LogP contribution is 2.29. The van der Waals surface area contributed by atoms with Crippen LogP contribution in [0.3, 0.4) is 0 Å². The van der Waals surface area contributed by atoms with Crippen LogP contribution in [0, 0.1) is 0 Å². The maximum absolute atomic E-state index is 12.5. The van der Waals surface area contributed by atoms with Crippen LogP contribution >= 0.6 is 11.3 Å². The molecule has 0 aromatic carbocycles. The van der Waals surface area contributed by atoms with Gasteiger partial charge >= 0.3 is 0 Å². The molecule has 2 saturated heterocycles. The molecule has 142 valence electrons. The van der Waals surface area contributed by atoms with Crippen molar-refractivity contribution in [2.24, 2.45) is 0 Å². The van der Waals surface area contributed by atoms with Crippen LogP contribution < -0.4 is 10.6 Å². The number of amides is 2. The summed E-state index contributed by atoms with van der Waals surface area (Å²) in [4.78, 5) is 31.4. The lowest BCUT2D eigenvalue weighted by atomic mass is 9.99. The predicted molar refractivity (Wildman–Crippen MR) is 103 cm³/mol. The summed E-state index contributed by atoms with van der Waals surface area (Å²) < 4.78 is 0. The zero-order chi connectivity index (χ0) is 17.9. The van der Waals surface area contributed by atoms with Crippen LogP contribution in [0.1, 0.15) is 39.4 Å². The number of rotatable bonds is 4. The molecule has 1 atom stereocenters. The van der Waals surface area contributed by atoms with Gasteiger partial charge in [0.2, 0.25) is 5.91 Å². The van der Waals surface area contributed by atoms with Crippen LogP contribution in [0.2, 0.25) is 0 Å². The molecule has 26 heavy (non-hydrogen) atoms. The van der Waals surface area contributed by atoms with Gasteiger partial charge in [0.05, 0.1) is 11.4 Å². The smallest absolute Gasteiger partial charge is 0.261 e. The highest BCUT2D eigenvalue weighted by Gasteiger charge is 2.31. The van der Waals surface area contributed by atoms with Crippen LogP contribution in [0.4, 0.5) is 0 Å². The van der Waals surface area contributed by atoms with Crippen LogP contribution in [0.5, 0.6) is 0 Å². The molecular weight excluding hydrogens is 348 g/mol. The SMILES string of the molecule is O=C(NCC(=O)N1CCC(N2CCNCC2)C1)c1cc2c(s1)CCCC2. The first-order chi connectivity index (χ1) is 12.7. The van der Waals surface area contributed by atoms with E-state index in [1.165, 1.54) is 23.3 Å². The molecule has 2 aliphatic heterocycles. The summed E-state index contributed by atoms with van der Waals surface area (Å²) in [5.74, 6) is -0.0621. The second-order valence-electron chi connectivity index (χ2n) is 7.52. The lowest BCUT2D eigenvalue weighted by molar-refractivity contribution is -0.129. The first kappa shape index (κ1) is 17.9. The van der Waals surface area contributed by atoms with E-state index in [9.17, 15) is 9.59 Å². The number of hydrogen-bond acceptors (Lipinski definition) is 5. The molecule has 3 aliphatic rings. The summed E-state index contributed by atoms with van der Waals surface area (Å²) in [5, 5.41) is 6.21. The molecule has 1 unspecified atom stereocenters. The fourth-order valence-electron chi connectivity index (χ4n) is 4.27. The average molecular weight is 377 g/mol. The average Bonchev–Trinajstić information content (AvgIpc) is 3.33. The summed E-state index contributed by atoms with van der Waals surface area (Å²) in [6.07, 6.45) is 5.65. The molecule has 7 heteroatoms. The van der Waals surface area contributed by atoms with E-state index < -0.39 is 0 Å². The number of fused-ring (bicyclic) bond motifs is 1. The van der Waals surface area contributed by atoms with Crippen molar-refractivity contribution < 1.29 is 9.59 Å².